The van der Waals surface area contributed by atoms with Gasteiger partial charge < -0.3 is 25.0 Å². The maximum absolute atomic E-state index is 11.4. The molecule has 1 aliphatic heterocycles. The Morgan fingerprint density at radius 1 is 1.61 bits per heavy atom. The van der Waals surface area contributed by atoms with Gasteiger partial charge in [0.2, 0.25) is 0 Å². The predicted octanol–water partition coefficient (Wildman–Crippen LogP) is -1.30. The molecular weight excluding hydrogens is 265 g/mol. The number of rotatable bonds is 3. The van der Waals surface area contributed by atoms with Crippen molar-refractivity contribution in [1.82, 2.24) is 9.55 Å². The molecule has 4 N–H and O–H groups in total. The van der Waals surface area contributed by atoms with E-state index in [1.807, 2.05) is 0 Å². The molecule has 1 aromatic heterocycles. The van der Waals surface area contributed by atoms with Gasteiger partial charge in [-0.1, -0.05) is 0 Å². The Hall–Kier alpha value is -1.25. The Kier molecular flexibility index (Phi) is 3.51. The number of ether oxygens (including phenoxy) is 2. The second-order valence-electron chi connectivity index (χ2n) is 3.77. The zero-order valence-corrected chi connectivity index (χ0v) is 10.1. The topological polar surface area (TPSA) is 137 Å². The van der Waals surface area contributed by atoms with Gasteiger partial charge in [0.15, 0.2) is 0 Å². The summed E-state index contributed by atoms with van der Waals surface area (Å²) in [4.78, 5) is 32.7. The van der Waals surface area contributed by atoms with Crippen molar-refractivity contribution < 1.29 is 23.8 Å². The standard InChI is InChI=1S/C8H12N3O6P/c9-6-1-2-11(7(12)10-6)3-5-4-16-8(17-5)18(13,14)15/h1-2,5,8H,3-4H2,(H2,9,10,12)(H2,13,14,15)/t5-,8+/m0/s1. The van der Waals surface area contributed by atoms with Gasteiger partial charge in [-0.25, -0.2) is 4.79 Å². The number of nitrogens with two attached hydrogens (primary N) is 1. The van der Waals surface area contributed by atoms with E-state index in [1.165, 1.54) is 16.8 Å². The first-order valence-corrected chi connectivity index (χ1v) is 6.69. The van der Waals surface area contributed by atoms with Crippen LogP contribution in [0.3, 0.4) is 0 Å². The van der Waals surface area contributed by atoms with E-state index in [2.05, 4.69) is 4.98 Å². The van der Waals surface area contributed by atoms with Gasteiger partial charge >= 0.3 is 13.3 Å². The number of hydrogen-bond donors (Lipinski definition) is 3. The fraction of sp³-hybridized carbons (Fsp3) is 0.500. The zero-order chi connectivity index (χ0) is 13.3. The Labute approximate surface area is 101 Å². The quantitative estimate of drug-likeness (QED) is 0.580. The van der Waals surface area contributed by atoms with E-state index in [4.69, 9.17) is 25.0 Å². The second-order valence-corrected chi connectivity index (χ2v) is 5.37. The molecule has 0 aliphatic carbocycles. The minimum atomic E-state index is -4.44. The molecule has 1 aromatic rings. The number of hydrogen-bond acceptors (Lipinski definition) is 6. The summed E-state index contributed by atoms with van der Waals surface area (Å²) in [7, 11) is -4.44. The van der Waals surface area contributed by atoms with E-state index >= 15 is 0 Å². The van der Waals surface area contributed by atoms with E-state index in [0.29, 0.717) is 0 Å². The highest BCUT2D eigenvalue weighted by molar-refractivity contribution is 7.52. The molecule has 0 radical (unpaired) electrons. The summed E-state index contributed by atoms with van der Waals surface area (Å²) in [6.07, 6.45) is 0.810. The monoisotopic (exact) mass is 277 g/mol. The molecular formula is C8H12N3O6P. The summed E-state index contributed by atoms with van der Waals surface area (Å²) in [6.45, 7) is 0.0786. The zero-order valence-electron chi connectivity index (χ0n) is 9.17. The average molecular weight is 277 g/mol. The Bertz CT molecular complexity index is 540. The molecule has 0 saturated carbocycles. The largest absolute Gasteiger partial charge is 0.383 e. The van der Waals surface area contributed by atoms with Gasteiger partial charge in [0.1, 0.15) is 11.9 Å². The molecule has 100 valence electrons. The highest BCUT2D eigenvalue weighted by Gasteiger charge is 2.39. The van der Waals surface area contributed by atoms with Crippen LogP contribution in [0.5, 0.6) is 0 Å². The third kappa shape index (κ3) is 2.95. The molecule has 9 nitrogen and oxygen atoms in total. The fourth-order valence-corrected chi connectivity index (χ4v) is 2.12. The number of nitrogen functional groups attached to an aromatic ring is 1. The number of nitrogens with zero attached hydrogens (tertiary/aromatic N) is 2. The van der Waals surface area contributed by atoms with Crippen molar-refractivity contribution in [1.29, 1.82) is 0 Å². The van der Waals surface area contributed by atoms with E-state index in [1.54, 1.807) is 0 Å². The number of anilines is 1. The van der Waals surface area contributed by atoms with E-state index < -0.39 is 25.4 Å². The van der Waals surface area contributed by atoms with Crippen molar-refractivity contribution >= 4 is 13.4 Å². The van der Waals surface area contributed by atoms with Gasteiger partial charge in [0.25, 0.3) is 6.03 Å². The average Bonchev–Trinajstić information content (AvgIpc) is 2.70. The van der Waals surface area contributed by atoms with Crippen LogP contribution in [0.1, 0.15) is 0 Å². The van der Waals surface area contributed by atoms with Crippen molar-refractivity contribution in [3.8, 4) is 0 Å². The smallest absolute Gasteiger partial charge is 0.381 e. The predicted molar refractivity (Wildman–Crippen MR) is 59.6 cm³/mol. The van der Waals surface area contributed by atoms with E-state index in [-0.39, 0.29) is 19.0 Å². The number of aromatic nitrogens is 2. The Morgan fingerprint density at radius 2 is 2.33 bits per heavy atom. The van der Waals surface area contributed by atoms with Crippen molar-refractivity contribution in [3.05, 3.63) is 22.7 Å². The van der Waals surface area contributed by atoms with Gasteiger partial charge in [-0.15, -0.1) is 0 Å². The normalized spacial score (nSPS) is 24.3. The van der Waals surface area contributed by atoms with Crippen LogP contribution in [-0.4, -0.2) is 38.1 Å². The van der Waals surface area contributed by atoms with Crippen molar-refractivity contribution in [2.45, 2.75) is 18.7 Å². The Balaban J connectivity index is 2.04. The molecule has 10 heteroatoms. The van der Waals surface area contributed by atoms with Crippen LogP contribution in [0.2, 0.25) is 0 Å². The first-order valence-electron chi connectivity index (χ1n) is 5.01. The van der Waals surface area contributed by atoms with Crippen molar-refractivity contribution in [2.24, 2.45) is 0 Å². The fourth-order valence-electron chi connectivity index (χ4n) is 1.51. The van der Waals surface area contributed by atoms with Gasteiger partial charge in [-0.2, -0.15) is 4.98 Å². The van der Waals surface area contributed by atoms with Crippen LogP contribution in [0.25, 0.3) is 0 Å². The van der Waals surface area contributed by atoms with Crippen LogP contribution < -0.4 is 11.4 Å². The summed E-state index contributed by atoms with van der Waals surface area (Å²) in [6, 6.07) is -0.127. The summed E-state index contributed by atoms with van der Waals surface area (Å²) in [5, 5.41) is 0. The molecule has 1 saturated heterocycles. The summed E-state index contributed by atoms with van der Waals surface area (Å²) >= 11 is 0. The van der Waals surface area contributed by atoms with E-state index in [0.717, 1.165) is 0 Å². The van der Waals surface area contributed by atoms with Crippen LogP contribution in [-0.2, 0) is 20.6 Å². The SMILES string of the molecule is Nc1ccn(C[C@H]2CO[C@@H](P(=O)(O)O)O2)c(=O)n1. The maximum atomic E-state index is 11.4. The van der Waals surface area contributed by atoms with Crippen LogP contribution >= 0.6 is 7.60 Å². The molecule has 2 atom stereocenters. The third-order valence-corrected chi connectivity index (χ3v) is 3.12. The van der Waals surface area contributed by atoms with Crippen LogP contribution in [0, 0.1) is 0 Å². The molecule has 2 rings (SSSR count). The van der Waals surface area contributed by atoms with Gasteiger partial charge in [-0.3, -0.25) is 9.13 Å². The van der Waals surface area contributed by atoms with Gasteiger partial charge in [0, 0.05) is 6.20 Å². The highest BCUT2D eigenvalue weighted by Crippen LogP contribution is 2.45. The summed E-state index contributed by atoms with van der Waals surface area (Å²) < 4.78 is 21.9. The van der Waals surface area contributed by atoms with E-state index in [9.17, 15) is 9.36 Å². The molecule has 2 heterocycles. The molecule has 1 aliphatic rings. The molecule has 0 spiro atoms. The molecule has 1 fully saturated rings. The summed E-state index contributed by atoms with van der Waals surface area (Å²) in [5.41, 5.74) is 4.77. The lowest BCUT2D eigenvalue weighted by Gasteiger charge is -2.13. The molecule has 0 amide bonds. The van der Waals surface area contributed by atoms with Gasteiger partial charge in [-0.05, 0) is 6.07 Å². The second kappa shape index (κ2) is 4.79. The van der Waals surface area contributed by atoms with Crippen LogP contribution in [0.15, 0.2) is 17.1 Å². The Morgan fingerprint density at radius 3 is 2.89 bits per heavy atom. The van der Waals surface area contributed by atoms with Gasteiger partial charge in [0.05, 0.1) is 13.2 Å². The third-order valence-electron chi connectivity index (χ3n) is 2.30. The molecule has 0 aromatic carbocycles. The van der Waals surface area contributed by atoms with Crippen molar-refractivity contribution in [2.75, 3.05) is 12.3 Å². The lowest BCUT2D eigenvalue weighted by Crippen LogP contribution is -2.29. The lowest BCUT2D eigenvalue weighted by atomic mass is 10.4. The molecule has 0 unspecified atom stereocenters. The molecule has 18 heavy (non-hydrogen) atoms. The van der Waals surface area contributed by atoms with Crippen LogP contribution in [0.4, 0.5) is 5.82 Å². The minimum Gasteiger partial charge on any atom is -0.383 e. The lowest BCUT2D eigenvalue weighted by molar-refractivity contribution is -0.0150. The highest BCUT2D eigenvalue weighted by atomic mass is 31.2. The summed E-state index contributed by atoms with van der Waals surface area (Å²) in [5.74, 6) is 0.105. The minimum absolute atomic E-state index is 0.00735. The first kappa shape index (κ1) is 13.2. The maximum Gasteiger partial charge on any atom is 0.381 e. The molecule has 0 bridgehead atoms. The van der Waals surface area contributed by atoms with Crippen molar-refractivity contribution in [3.63, 3.8) is 0 Å². The first-order chi connectivity index (χ1) is 8.36.